The van der Waals surface area contributed by atoms with Gasteiger partial charge in [0.25, 0.3) is 0 Å². The SMILES string of the molecule is Nc1ccc(C(=O)CCCC(F)(F)F)nc1. The summed E-state index contributed by atoms with van der Waals surface area (Å²) in [6.07, 6.45) is -4.23. The number of Topliss-reactive ketones (excluding diaryl/α,β-unsaturated/α-hetero) is 1. The van der Waals surface area contributed by atoms with E-state index in [1.807, 2.05) is 0 Å². The number of nitrogens with two attached hydrogens (primary N) is 1. The first-order valence-corrected chi connectivity index (χ1v) is 4.70. The van der Waals surface area contributed by atoms with Gasteiger partial charge in [0.1, 0.15) is 5.69 Å². The van der Waals surface area contributed by atoms with Crippen LogP contribution in [-0.4, -0.2) is 16.9 Å². The summed E-state index contributed by atoms with van der Waals surface area (Å²) in [6, 6.07) is 2.90. The molecule has 6 heteroatoms. The summed E-state index contributed by atoms with van der Waals surface area (Å²) >= 11 is 0. The number of nitrogen functional groups attached to an aromatic ring is 1. The summed E-state index contributed by atoms with van der Waals surface area (Å²) in [4.78, 5) is 15.1. The van der Waals surface area contributed by atoms with Crippen LogP contribution in [0.2, 0.25) is 0 Å². The molecule has 0 fully saturated rings. The number of aromatic nitrogens is 1. The molecule has 0 aliphatic rings. The summed E-state index contributed by atoms with van der Waals surface area (Å²) < 4.78 is 35.5. The summed E-state index contributed by atoms with van der Waals surface area (Å²) in [5.74, 6) is -0.399. The Morgan fingerprint density at radius 2 is 2.06 bits per heavy atom. The Balaban J connectivity index is 2.44. The second-order valence-corrected chi connectivity index (χ2v) is 3.37. The van der Waals surface area contributed by atoms with E-state index in [-0.39, 0.29) is 18.5 Å². The van der Waals surface area contributed by atoms with Crippen LogP contribution in [0.1, 0.15) is 29.8 Å². The number of ketones is 1. The van der Waals surface area contributed by atoms with Gasteiger partial charge >= 0.3 is 6.18 Å². The van der Waals surface area contributed by atoms with Crippen LogP contribution < -0.4 is 5.73 Å². The van der Waals surface area contributed by atoms with Crippen molar-refractivity contribution in [2.45, 2.75) is 25.4 Å². The lowest BCUT2D eigenvalue weighted by molar-refractivity contribution is -0.135. The Morgan fingerprint density at radius 1 is 1.38 bits per heavy atom. The molecule has 0 aliphatic heterocycles. The van der Waals surface area contributed by atoms with Gasteiger partial charge in [-0.25, -0.2) is 0 Å². The number of hydrogen-bond acceptors (Lipinski definition) is 3. The van der Waals surface area contributed by atoms with E-state index >= 15 is 0 Å². The van der Waals surface area contributed by atoms with Crippen molar-refractivity contribution in [2.75, 3.05) is 5.73 Å². The van der Waals surface area contributed by atoms with Crippen LogP contribution in [-0.2, 0) is 0 Å². The Kier molecular flexibility index (Phi) is 3.87. The monoisotopic (exact) mass is 232 g/mol. The van der Waals surface area contributed by atoms with Crippen molar-refractivity contribution in [3.63, 3.8) is 0 Å². The van der Waals surface area contributed by atoms with E-state index in [0.717, 1.165) is 0 Å². The van der Waals surface area contributed by atoms with E-state index in [1.165, 1.54) is 18.3 Å². The number of rotatable bonds is 4. The van der Waals surface area contributed by atoms with E-state index in [4.69, 9.17) is 5.73 Å². The molecule has 0 spiro atoms. The number of pyridine rings is 1. The number of halogens is 3. The summed E-state index contributed by atoms with van der Waals surface area (Å²) in [6.45, 7) is 0. The molecule has 0 radical (unpaired) electrons. The smallest absolute Gasteiger partial charge is 0.389 e. The molecular weight excluding hydrogens is 221 g/mol. The largest absolute Gasteiger partial charge is 0.397 e. The summed E-state index contributed by atoms with van der Waals surface area (Å²) in [5.41, 5.74) is 5.92. The highest BCUT2D eigenvalue weighted by molar-refractivity contribution is 5.94. The lowest BCUT2D eigenvalue weighted by Gasteiger charge is -2.04. The van der Waals surface area contributed by atoms with Crippen LogP contribution >= 0.6 is 0 Å². The molecule has 1 aromatic heterocycles. The third kappa shape index (κ3) is 4.29. The van der Waals surface area contributed by atoms with Crippen molar-refractivity contribution >= 4 is 11.5 Å². The standard InChI is InChI=1S/C10H11F3N2O/c11-10(12,13)5-1-2-9(16)8-4-3-7(14)6-15-8/h3-4,6H,1-2,5,14H2. The Bertz CT molecular complexity index is 359. The first kappa shape index (κ1) is 12.5. The van der Waals surface area contributed by atoms with Crippen LogP contribution in [0.3, 0.4) is 0 Å². The van der Waals surface area contributed by atoms with Crippen LogP contribution in [0.15, 0.2) is 18.3 Å². The molecule has 88 valence electrons. The number of nitrogens with zero attached hydrogens (tertiary/aromatic N) is 1. The third-order valence-electron chi connectivity index (χ3n) is 1.94. The number of hydrogen-bond donors (Lipinski definition) is 1. The highest BCUT2D eigenvalue weighted by atomic mass is 19.4. The molecule has 2 N–H and O–H groups in total. The fourth-order valence-electron chi connectivity index (χ4n) is 1.15. The van der Waals surface area contributed by atoms with Gasteiger partial charge in [0, 0.05) is 12.8 Å². The average molecular weight is 232 g/mol. The highest BCUT2D eigenvalue weighted by Gasteiger charge is 2.26. The Hall–Kier alpha value is -1.59. The number of carbonyl (C=O) groups excluding carboxylic acids is 1. The molecule has 0 aliphatic carbocycles. The fraction of sp³-hybridized carbons (Fsp3) is 0.400. The van der Waals surface area contributed by atoms with Gasteiger partial charge in [-0.1, -0.05) is 0 Å². The van der Waals surface area contributed by atoms with Gasteiger partial charge in [-0.05, 0) is 18.6 Å². The maximum absolute atomic E-state index is 11.8. The lowest BCUT2D eigenvalue weighted by Crippen LogP contribution is -2.09. The quantitative estimate of drug-likeness (QED) is 0.811. The van der Waals surface area contributed by atoms with Gasteiger partial charge in [0.2, 0.25) is 0 Å². The predicted octanol–water partition coefficient (Wildman–Crippen LogP) is 2.58. The number of alkyl halides is 3. The normalized spacial score (nSPS) is 11.4. The molecule has 1 rings (SSSR count). The van der Waals surface area contributed by atoms with E-state index in [0.29, 0.717) is 5.69 Å². The molecule has 0 amide bonds. The zero-order chi connectivity index (χ0) is 12.2. The van der Waals surface area contributed by atoms with Crippen LogP contribution in [0.5, 0.6) is 0 Å². The fourth-order valence-corrected chi connectivity index (χ4v) is 1.15. The topological polar surface area (TPSA) is 56.0 Å². The van der Waals surface area contributed by atoms with E-state index in [2.05, 4.69) is 4.98 Å². The van der Waals surface area contributed by atoms with Gasteiger partial charge in [-0.2, -0.15) is 13.2 Å². The molecule has 0 saturated carbocycles. The Labute approximate surface area is 90.5 Å². The average Bonchev–Trinajstić information content (AvgIpc) is 2.16. The molecule has 1 heterocycles. The Morgan fingerprint density at radius 3 is 2.56 bits per heavy atom. The van der Waals surface area contributed by atoms with Crippen molar-refractivity contribution in [1.29, 1.82) is 0 Å². The molecule has 0 atom stereocenters. The molecule has 0 aromatic carbocycles. The van der Waals surface area contributed by atoms with Crippen molar-refractivity contribution < 1.29 is 18.0 Å². The van der Waals surface area contributed by atoms with Crippen molar-refractivity contribution in [1.82, 2.24) is 4.98 Å². The molecule has 3 nitrogen and oxygen atoms in total. The maximum atomic E-state index is 11.8. The highest BCUT2D eigenvalue weighted by Crippen LogP contribution is 2.22. The molecule has 1 aromatic rings. The molecule has 0 unspecified atom stereocenters. The summed E-state index contributed by atoms with van der Waals surface area (Å²) in [7, 11) is 0. The van der Waals surface area contributed by atoms with Crippen LogP contribution in [0.25, 0.3) is 0 Å². The lowest BCUT2D eigenvalue weighted by atomic mass is 10.1. The maximum Gasteiger partial charge on any atom is 0.389 e. The van der Waals surface area contributed by atoms with Gasteiger partial charge in [0.15, 0.2) is 5.78 Å². The van der Waals surface area contributed by atoms with E-state index < -0.39 is 18.4 Å². The van der Waals surface area contributed by atoms with E-state index in [1.54, 1.807) is 0 Å². The van der Waals surface area contributed by atoms with Crippen molar-refractivity contribution in [2.24, 2.45) is 0 Å². The molecular formula is C10H11F3N2O. The van der Waals surface area contributed by atoms with Crippen molar-refractivity contribution in [3.8, 4) is 0 Å². The molecule has 16 heavy (non-hydrogen) atoms. The van der Waals surface area contributed by atoms with Gasteiger partial charge in [0.05, 0.1) is 11.9 Å². The second kappa shape index (κ2) is 4.96. The number of carbonyl (C=O) groups is 1. The second-order valence-electron chi connectivity index (χ2n) is 3.37. The zero-order valence-electron chi connectivity index (χ0n) is 8.42. The third-order valence-corrected chi connectivity index (χ3v) is 1.94. The molecule has 0 saturated heterocycles. The zero-order valence-corrected chi connectivity index (χ0v) is 8.42. The minimum Gasteiger partial charge on any atom is -0.397 e. The summed E-state index contributed by atoms with van der Waals surface area (Å²) in [5, 5.41) is 0. The van der Waals surface area contributed by atoms with Gasteiger partial charge in [-0.15, -0.1) is 0 Å². The van der Waals surface area contributed by atoms with Gasteiger partial charge < -0.3 is 5.73 Å². The van der Waals surface area contributed by atoms with Gasteiger partial charge in [-0.3, -0.25) is 9.78 Å². The minimum atomic E-state index is -4.21. The predicted molar refractivity (Wildman–Crippen MR) is 52.9 cm³/mol. The van der Waals surface area contributed by atoms with Crippen LogP contribution in [0.4, 0.5) is 18.9 Å². The van der Waals surface area contributed by atoms with Crippen LogP contribution in [0, 0.1) is 0 Å². The van der Waals surface area contributed by atoms with Crippen molar-refractivity contribution in [3.05, 3.63) is 24.0 Å². The minimum absolute atomic E-state index is 0.149. The molecule has 0 bridgehead atoms. The first-order chi connectivity index (χ1) is 7.38. The number of anilines is 1. The first-order valence-electron chi connectivity index (χ1n) is 4.70. The van der Waals surface area contributed by atoms with E-state index in [9.17, 15) is 18.0 Å².